The van der Waals surface area contributed by atoms with E-state index in [2.05, 4.69) is 5.32 Å². The van der Waals surface area contributed by atoms with Gasteiger partial charge in [-0.2, -0.15) is 0 Å². The molecule has 0 fully saturated rings. The third-order valence-electron chi connectivity index (χ3n) is 3.62. The van der Waals surface area contributed by atoms with Gasteiger partial charge in [0, 0.05) is 12.1 Å². The standard InChI is InChI=1S/C16H17NO2/c1-19-14-9-12-7-8-17-10-13(12)15(16(14)18)11-5-3-2-4-6-11/h2-6,9,17-18H,7-8,10H2,1H3. The van der Waals surface area contributed by atoms with Crippen LogP contribution in [-0.2, 0) is 13.0 Å². The highest BCUT2D eigenvalue weighted by Gasteiger charge is 2.21. The highest BCUT2D eigenvalue weighted by atomic mass is 16.5. The molecule has 0 saturated carbocycles. The lowest BCUT2D eigenvalue weighted by molar-refractivity contribution is 0.373. The van der Waals surface area contributed by atoms with Crippen molar-refractivity contribution in [2.45, 2.75) is 13.0 Å². The maximum Gasteiger partial charge on any atom is 0.166 e. The van der Waals surface area contributed by atoms with Gasteiger partial charge >= 0.3 is 0 Å². The third-order valence-corrected chi connectivity index (χ3v) is 3.62. The molecule has 0 saturated heterocycles. The van der Waals surface area contributed by atoms with Crippen molar-refractivity contribution in [1.82, 2.24) is 5.32 Å². The zero-order chi connectivity index (χ0) is 13.2. The van der Waals surface area contributed by atoms with Crippen LogP contribution in [0.1, 0.15) is 11.1 Å². The Balaban J connectivity index is 2.26. The van der Waals surface area contributed by atoms with Crippen LogP contribution in [0.5, 0.6) is 11.5 Å². The first-order valence-electron chi connectivity index (χ1n) is 6.49. The molecule has 2 aromatic rings. The third kappa shape index (κ3) is 2.06. The smallest absolute Gasteiger partial charge is 0.166 e. The minimum Gasteiger partial charge on any atom is -0.504 e. The van der Waals surface area contributed by atoms with Crippen molar-refractivity contribution in [2.75, 3.05) is 13.7 Å². The summed E-state index contributed by atoms with van der Waals surface area (Å²) >= 11 is 0. The van der Waals surface area contributed by atoms with E-state index in [4.69, 9.17) is 4.74 Å². The topological polar surface area (TPSA) is 41.5 Å². The Hall–Kier alpha value is -2.00. The number of rotatable bonds is 2. The summed E-state index contributed by atoms with van der Waals surface area (Å²) in [5.74, 6) is 0.788. The van der Waals surface area contributed by atoms with E-state index < -0.39 is 0 Å². The molecule has 0 aromatic heterocycles. The van der Waals surface area contributed by atoms with E-state index in [9.17, 15) is 5.11 Å². The van der Waals surface area contributed by atoms with Crippen LogP contribution >= 0.6 is 0 Å². The number of phenols is 1. The van der Waals surface area contributed by atoms with Gasteiger partial charge in [0.25, 0.3) is 0 Å². The molecule has 0 unspecified atom stereocenters. The first-order valence-corrected chi connectivity index (χ1v) is 6.49. The van der Waals surface area contributed by atoms with E-state index in [1.54, 1.807) is 7.11 Å². The summed E-state index contributed by atoms with van der Waals surface area (Å²) in [5.41, 5.74) is 4.35. The Kier molecular flexibility index (Phi) is 3.13. The van der Waals surface area contributed by atoms with Crippen molar-refractivity contribution in [3.05, 3.63) is 47.5 Å². The molecule has 0 spiro atoms. The number of aromatic hydroxyl groups is 1. The van der Waals surface area contributed by atoms with Crippen LogP contribution in [0.3, 0.4) is 0 Å². The molecular weight excluding hydrogens is 238 g/mol. The molecule has 0 aliphatic carbocycles. The van der Waals surface area contributed by atoms with Gasteiger partial charge < -0.3 is 15.2 Å². The van der Waals surface area contributed by atoms with E-state index in [1.807, 2.05) is 36.4 Å². The molecular formula is C16H17NO2. The zero-order valence-corrected chi connectivity index (χ0v) is 10.9. The number of ether oxygens (including phenoxy) is 1. The number of fused-ring (bicyclic) bond motifs is 1. The minimum atomic E-state index is 0.233. The Morgan fingerprint density at radius 1 is 1.21 bits per heavy atom. The monoisotopic (exact) mass is 255 g/mol. The van der Waals surface area contributed by atoms with Crippen molar-refractivity contribution in [3.8, 4) is 22.6 Å². The van der Waals surface area contributed by atoms with Crippen LogP contribution in [0.4, 0.5) is 0 Å². The van der Waals surface area contributed by atoms with Crippen LogP contribution in [-0.4, -0.2) is 18.8 Å². The van der Waals surface area contributed by atoms with Gasteiger partial charge in [0.05, 0.1) is 7.11 Å². The Labute approximate surface area is 112 Å². The van der Waals surface area contributed by atoms with Crippen LogP contribution in [0.25, 0.3) is 11.1 Å². The predicted molar refractivity (Wildman–Crippen MR) is 75.5 cm³/mol. The van der Waals surface area contributed by atoms with Gasteiger partial charge in [0.15, 0.2) is 11.5 Å². The van der Waals surface area contributed by atoms with Crippen molar-refractivity contribution in [3.63, 3.8) is 0 Å². The van der Waals surface area contributed by atoms with Crippen LogP contribution in [0, 0.1) is 0 Å². The Bertz CT molecular complexity index is 593. The van der Waals surface area contributed by atoms with Crippen LogP contribution in [0.15, 0.2) is 36.4 Å². The largest absolute Gasteiger partial charge is 0.504 e. The average molecular weight is 255 g/mol. The summed E-state index contributed by atoms with van der Waals surface area (Å²) in [6.07, 6.45) is 0.964. The fourth-order valence-electron chi connectivity index (χ4n) is 2.67. The minimum absolute atomic E-state index is 0.233. The van der Waals surface area contributed by atoms with Gasteiger partial charge in [-0.15, -0.1) is 0 Å². The SMILES string of the molecule is COc1cc2c(c(-c3ccccc3)c1O)CNCC2. The summed E-state index contributed by atoms with van der Waals surface area (Å²) in [4.78, 5) is 0. The molecule has 1 aliphatic rings. The highest BCUT2D eigenvalue weighted by molar-refractivity contribution is 5.78. The molecule has 0 radical (unpaired) electrons. The van der Waals surface area contributed by atoms with Crippen LogP contribution in [0.2, 0.25) is 0 Å². The molecule has 0 atom stereocenters. The van der Waals surface area contributed by atoms with E-state index in [1.165, 1.54) is 11.1 Å². The maximum atomic E-state index is 10.4. The normalized spacial score (nSPS) is 13.9. The van der Waals surface area contributed by atoms with E-state index >= 15 is 0 Å². The van der Waals surface area contributed by atoms with Gasteiger partial charge in [0.1, 0.15) is 0 Å². The molecule has 3 nitrogen and oxygen atoms in total. The molecule has 0 bridgehead atoms. The lowest BCUT2D eigenvalue weighted by Gasteiger charge is -2.23. The molecule has 1 aliphatic heterocycles. The fraction of sp³-hybridized carbons (Fsp3) is 0.250. The molecule has 0 amide bonds. The van der Waals surface area contributed by atoms with E-state index in [0.29, 0.717) is 5.75 Å². The molecule has 2 N–H and O–H groups in total. The van der Waals surface area contributed by atoms with E-state index in [0.717, 1.165) is 30.6 Å². The van der Waals surface area contributed by atoms with Crippen molar-refractivity contribution in [1.29, 1.82) is 0 Å². The average Bonchev–Trinajstić information content (AvgIpc) is 2.47. The number of nitrogens with one attached hydrogen (secondary N) is 1. The quantitative estimate of drug-likeness (QED) is 0.867. The summed E-state index contributed by atoms with van der Waals surface area (Å²) in [7, 11) is 1.59. The second kappa shape index (κ2) is 4.94. The predicted octanol–water partition coefficient (Wildman–Crippen LogP) is 2.71. The molecule has 2 aromatic carbocycles. The number of phenolic OH excluding ortho intramolecular Hbond substituents is 1. The van der Waals surface area contributed by atoms with Gasteiger partial charge in [0.2, 0.25) is 0 Å². The van der Waals surface area contributed by atoms with Gasteiger partial charge in [-0.3, -0.25) is 0 Å². The zero-order valence-electron chi connectivity index (χ0n) is 10.9. The fourth-order valence-corrected chi connectivity index (χ4v) is 2.67. The second-order valence-electron chi connectivity index (χ2n) is 4.73. The molecule has 1 heterocycles. The molecule has 19 heavy (non-hydrogen) atoms. The van der Waals surface area contributed by atoms with Gasteiger partial charge in [-0.05, 0) is 35.7 Å². The van der Waals surface area contributed by atoms with E-state index in [-0.39, 0.29) is 5.75 Å². The van der Waals surface area contributed by atoms with Gasteiger partial charge in [-0.25, -0.2) is 0 Å². The maximum absolute atomic E-state index is 10.4. The van der Waals surface area contributed by atoms with Crippen molar-refractivity contribution in [2.24, 2.45) is 0 Å². The number of hydrogen-bond acceptors (Lipinski definition) is 3. The summed E-state index contributed by atoms with van der Waals surface area (Å²) in [5, 5.41) is 13.8. The van der Waals surface area contributed by atoms with Gasteiger partial charge in [-0.1, -0.05) is 30.3 Å². The highest BCUT2D eigenvalue weighted by Crippen LogP contribution is 2.42. The van der Waals surface area contributed by atoms with Crippen LogP contribution < -0.4 is 10.1 Å². The molecule has 3 rings (SSSR count). The molecule has 98 valence electrons. The summed E-state index contributed by atoms with van der Waals surface area (Å²) < 4.78 is 5.30. The summed E-state index contributed by atoms with van der Waals surface area (Å²) in [6.45, 7) is 1.76. The summed E-state index contributed by atoms with van der Waals surface area (Å²) in [6, 6.07) is 11.9. The number of benzene rings is 2. The first kappa shape index (κ1) is 12.1. The molecule has 3 heteroatoms. The second-order valence-corrected chi connectivity index (χ2v) is 4.73. The van der Waals surface area contributed by atoms with Crippen molar-refractivity contribution >= 4 is 0 Å². The lowest BCUT2D eigenvalue weighted by atomic mass is 9.90. The Morgan fingerprint density at radius 3 is 2.74 bits per heavy atom. The number of methoxy groups -OCH3 is 1. The Morgan fingerprint density at radius 2 is 2.00 bits per heavy atom. The van der Waals surface area contributed by atoms with Crippen molar-refractivity contribution < 1.29 is 9.84 Å². The first-order chi connectivity index (χ1) is 9.31. The lowest BCUT2D eigenvalue weighted by Crippen LogP contribution is -2.24. The number of hydrogen-bond donors (Lipinski definition) is 2.